The molecule has 0 radical (unpaired) electrons. The zero-order valence-corrected chi connectivity index (χ0v) is 18.8. The molecule has 0 bridgehead atoms. The summed E-state index contributed by atoms with van der Waals surface area (Å²) in [6, 6.07) is 0. The average molecular weight is 361 g/mol. The van der Waals surface area contributed by atoms with Crippen LogP contribution in [0.25, 0.3) is 0 Å². The average Bonchev–Trinajstić information content (AvgIpc) is 2.86. The molecule has 1 aliphatic carbocycles. The molecule has 26 heavy (non-hydrogen) atoms. The number of fused-ring (bicyclic) bond motifs is 1. The van der Waals surface area contributed by atoms with E-state index in [-0.39, 0.29) is 0 Å². The molecular weight excluding hydrogens is 316 g/mol. The van der Waals surface area contributed by atoms with Crippen molar-refractivity contribution in [2.24, 2.45) is 34.5 Å². The van der Waals surface area contributed by atoms with Gasteiger partial charge in [-0.2, -0.15) is 0 Å². The Bertz CT molecular complexity index is 499. The predicted molar refractivity (Wildman–Crippen MR) is 114 cm³/mol. The fourth-order valence-electron chi connectivity index (χ4n) is 5.10. The Morgan fingerprint density at radius 2 is 1.88 bits per heavy atom. The SMILES string of the molecule is CCCCC1C(=CC(C)C(CC(C)(C)C)C(C)(C)C)OC2C=CCCC21. The molecule has 1 fully saturated rings. The topological polar surface area (TPSA) is 9.23 Å². The first-order valence-corrected chi connectivity index (χ1v) is 11.1. The molecule has 0 aromatic heterocycles. The van der Waals surface area contributed by atoms with E-state index in [0.717, 1.165) is 0 Å². The quantitative estimate of drug-likeness (QED) is 0.439. The minimum absolute atomic E-state index is 0.313. The summed E-state index contributed by atoms with van der Waals surface area (Å²) in [6.45, 7) is 19.1. The first kappa shape index (κ1) is 21.6. The van der Waals surface area contributed by atoms with E-state index in [9.17, 15) is 0 Å². The van der Waals surface area contributed by atoms with Gasteiger partial charge in [-0.05, 0) is 60.5 Å². The smallest absolute Gasteiger partial charge is 0.120 e. The molecule has 0 saturated carbocycles. The van der Waals surface area contributed by atoms with Crippen molar-refractivity contribution < 1.29 is 4.74 Å². The third-order valence-corrected chi connectivity index (χ3v) is 6.44. The molecule has 1 heteroatoms. The molecule has 0 spiro atoms. The van der Waals surface area contributed by atoms with Gasteiger partial charge in [0.2, 0.25) is 0 Å². The Kier molecular flexibility index (Phi) is 7.08. The Morgan fingerprint density at radius 3 is 2.46 bits per heavy atom. The van der Waals surface area contributed by atoms with Gasteiger partial charge in [0.15, 0.2) is 0 Å². The van der Waals surface area contributed by atoms with E-state index in [2.05, 4.69) is 73.6 Å². The van der Waals surface area contributed by atoms with Crippen LogP contribution >= 0.6 is 0 Å². The van der Waals surface area contributed by atoms with Gasteiger partial charge < -0.3 is 4.74 Å². The highest BCUT2D eigenvalue weighted by molar-refractivity contribution is 5.16. The summed E-state index contributed by atoms with van der Waals surface area (Å²) in [6.07, 6.45) is 15.2. The van der Waals surface area contributed by atoms with Crippen molar-refractivity contribution in [1.29, 1.82) is 0 Å². The van der Waals surface area contributed by atoms with Crippen LogP contribution in [-0.4, -0.2) is 6.10 Å². The van der Waals surface area contributed by atoms with Crippen molar-refractivity contribution in [3.8, 4) is 0 Å². The van der Waals surface area contributed by atoms with Crippen LogP contribution in [0.1, 0.15) is 93.9 Å². The minimum atomic E-state index is 0.313. The standard InChI is InChI=1S/C25H44O/c1-9-10-13-20-19-14-11-12-15-22(19)26-23(20)16-18(2)21(25(6,7)8)17-24(3,4)5/h12,15-16,18-22H,9-11,13-14,17H2,1-8H3. The molecular formula is C25H44O. The van der Waals surface area contributed by atoms with Crippen LogP contribution in [0.5, 0.6) is 0 Å². The lowest BCUT2D eigenvalue weighted by Crippen LogP contribution is -2.30. The number of unbranched alkanes of at least 4 members (excludes halogenated alkanes) is 1. The fourth-order valence-corrected chi connectivity index (χ4v) is 5.10. The lowest BCUT2D eigenvalue weighted by molar-refractivity contribution is 0.124. The second-order valence-electron chi connectivity index (χ2n) is 11.2. The van der Waals surface area contributed by atoms with Crippen LogP contribution in [0.3, 0.4) is 0 Å². The summed E-state index contributed by atoms with van der Waals surface area (Å²) in [5.41, 5.74) is 0.674. The van der Waals surface area contributed by atoms with Gasteiger partial charge >= 0.3 is 0 Å². The van der Waals surface area contributed by atoms with Crippen LogP contribution in [0.4, 0.5) is 0 Å². The van der Waals surface area contributed by atoms with Gasteiger partial charge in [0.25, 0.3) is 0 Å². The summed E-state index contributed by atoms with van der Waals surface area (Å²) in [5.74, 6) is 3.89. The number of allylic oxidation sites excluding steroid dienone is 3. The molecule has 0 aromatic carbocycles. The van der Waals surface area contributed by atoms with Crippen LogP contribution in [-0.2, 0) is 4.74 Å². The summed E-state index contributed by atoms with van der Waals surface area (Å²) in [4.78, 5) is 0. The van der Waals surface area contributed by atoms with E-state index in [1.165, 1.54) is 44.3 Å². The molecule has 5 atom stereocenters. The number of rotatable bonds is 6. The lowest BCUT2D eigenvalue weighted by Gasteiger charge is -2.39. The third-order valence-electron chi connectivity index (χ3n) is 6.44. The maximum Gasteiger partial charge on any atom is 0.120 e. The van der Waals surface area contributed by atoms with Crippen LogP contribution in [0.15, 0.2) is 24.0 Å². The molecule has 0 amide bonds. The highest BCUT2D eigenvalue weighted by Gasteiger charge is 2.41. The van der Waals surface area contributed by atoms with E-state index >= 15 is 0 Å². The largest absolute Gasteiger partial charge is 0.490 e. The normalized spacial score (nSPS) is 30.2. The van der Waals surface area contributed by atoms with E-state index in [4.69, 9.17) is 4.74 Å². The maximum atomic E-state index is 6.51. The maximum absolute atomic E-state index is 6.51. The van der Waals surface area contributed by atoms with Gasteiger partial charge in [0.1, 0.15) is 6.10 Å². The van der Waals surface area contributed by atoms with Gasteiger partial charge in [0, 0.05) is 11.8 Å². The van der Waals surface area contributed by atoms with E-state index in [1.54, 1.807) is 0 Å². The second kappa shape index (κ2) is 8.53. The number of ether oxygens (including phenoxy) is 1. The molecule has 0 N–H and O–H groups in total. The van der Waals surface area contributed by atoms with Crippen molar-refractivity contribution in [1.82, 2.24) is 0 Å². The Balaban J connectivity index is 2.23. The summed E-state index contributed by atoms with van der Waals surface area (Å²) >= 11 is 0. The van der Waals surface area contributed by atoms with Crippen molar-refractivity contribution in [3.05, 3.63) is 24.0 Å². The Labute approximate surface area is 163 Å². The molecule has 2 aliphatic rings. The highest BCUT2D eigenvalue weighted by Crippen LogP contribution is 2.46. The van der Waals surface area contributed by atoms with E-state index < -0.39 is 0 Å². The van der Waals surface area contributed by atoms with Gasteiger partial charge in [-0.25, -0.2) is 0 Å². The monoisotopic (exact) mass is 360 g/mol. The summed E-state index contributed by atoms with van der Waals surface area (Å²) in [7, 11) is 0. The second-order valence-corrected chi connectivity index (χ2v) is 11.2. The summed E-state index contributed by atoms with van der Waals surface area (Å²) in [5, 5.41) is 0. The van der Waals surface area contributed by atoms with Gasteiger partial charge in [-0.1, -0.05) is 74.3 Å². The molecule has 5 unspecified atom stereocenters. The zero-order chi connectivity index (χ0) is 19.5. The third kappa shape index (κ3) is 5.64. The van der Waals surface area contributed by atoms with Crippen molar-refractivity contribution in [2.75, 3.05) is 0 Å². The van der Waals surface area contributed by atoms with E-state index in [0.29, 0.717) is 40.6 Å². The molecule has 1 nitrogen and oxygen atoms in total. The first-order chi connectivity index (χ1) is 12.0. The molecule has 1 aliphatic heterocycles. The molecule has 0 aromatic rings. The molecule has 1 saturated heterocycles. The van der Waals surface area contributed by atoms with Crippen molar-refractivity contribution >= 4 is 0 Å². The van der Waals surface area contributed by atoms with Crippen LogP contribution < -0.4 is 0 Å². The van der Waals surface area contributed by atoms with Gasteiger partial charge in [-0.3, -0.25) is 0 Å². The fraction of sp³-hybridized carbons (Fsp3) is 0.840. The summed E-state index contributed by atoms with van der Waals surface area (Å²) < 4.78 is 6.51. The molecule has 2 rings (SSSR count). The predicted octanol–water partition coefficient (Wildman–Crippen LogP) is 7.78. The van der Waals surface area contributed by atoms with Crippen molar-refractivity contribution in [2.45, 2.75) is 100 Å². The minimum Gasteiger partial charge on any atom is -0.490 e. The Morgan fingerprint density at radius 1 is 1.19 bits per heavy atom. The van der Waals surface area contributed by atoms with Gasteiger partial charge in [-0.15, -0.1) is 0 Å². The van der Waals surface area contributed by atoms with Crippen LogP contribution in [0, 0.1) is 34.5 Å². The highest BCUT2D eigenvalue weighted by atomic mass is 16.5. The zero-order valence-electron chi connectivity index (χ0n) is 18.8. The first-order valence-electron chi connectivity index (χ1n) is 11.1. The number of hydrogen-bond acceptors (Lipinski definition) is 1. The molecule has 1 heterocycles. The van der Waals surface area contributed by atoms with E-state index in [1.807, 2.05) is 0 Å². The lowest BCUT2D eigenvalue weighted by atomic mass is 9.66. The van der Waals surface area contributed by atoms with Crippen LogP contribution in [0.2, 0.25) is 0 Å². The number of hydrogen-bond donors (Lipinski definition) is 0. The van der Waals surface area contributed by atoms with Crippen molar-refractivity contribution in [3.63, 3.8) is 0 Å². The molecule has 150 valence electrons. The van der Waals surface area contributed by atoms with Gasteiger partial charge in [0.05, 0.1) is 5.76 Å². The Hall–Kier alpha value is -0.720.